The Labute approximate surface area is 178 Å². The standard InChI is InChI=1S/C22H31N3O4S/c1-22(2,27)15-25-12-11-20(24-25)23-21(26)19(13-16-7-4-5-8-16)17-9-6-10-18(14-17)30(3,28)29/h6,9-12,14,16,19,27H,4-5,7-8,13,15H2,1-3H3,(H,23,24,26). The second-order valence-corrected chi connectivity index (χ2v) is 11.0. The number of carbonyl (C=O) groups is 1. The average Bonchev–Trinajstić information content (AvgIpc) is 3.29. The van der Waals surface area contributed by atoms with E-state index in [1.807, 2.05) is 6.07 Å². The van der Waals surface area contributed by atoms with Crippen molar-refractivity contribution in [3.05, 3.63) is 42.1 Å². The molecule has 0 saturated heterocycles. The number of aliphatic hydroxyl groups is 1. The van der Waals surface area contributed by atoms with E-state index < -0.39 is 21.4 Å². The molecule has 0 aliphatic heterocycles. The summed E-state index contributed by atoms with van der Waals surface area (Å²) in [6, 6.07) is 8.38. The highest BCUT2D eigenvalue weighted by Gasteiger charge is 2.28. The molecule has 2 N–H and O–H groups in total. The minimum absolute atomic E-state index is 0.193. The molecule has 0 radical (unpaired) electrons. The Bertz CT molecular complexity index is 986. The zero-order valence-corrected chi connectivity index (χ0v) is 18.7. The molecule has 8 heteroatoms. The van der Waals surface area contributed by atoms with Crippen molar-refractivity contribution < 1.29 is 18.3 Å². The Morgan fingerprint density at radius 1 is 1.30 bits per heavy atom. The van der Waals surface area contributed by atoms with E-state index in [1.54, 1.807) is 49.0 Å². The molecule has 2 aromatic rings. The highest BCUT2D eigenvalue weighted by molar-refractivity contribution is 7.90. The van der Waals surface area contributed by atoms with E-state index in [0.717, 1.165) is 12.8 Å². The Morgan fingerprint density at radius 2 is 2.00 bits per heavy atom. The fourth-order valence-corrected chi connectivity index (χ4v) is 4.74. The third kappa shape index (κ3) is 6.15. The van der Waals surface area contributed by atoms with Crippen molar-refractivity contribution in [2.24, 2.45) is 5.92 Å². The average molecular weight is 434 g/mol. The van der Waals surface area contributed by atoms with E-state index in [-0.39, 0.29) is 10.8 Å². The maximum Gasteiger partial charge on any atom is 0.233 e. The molecule has 7 nitrogen and oxygen atoms in total. The molecule has 1 fully saturated rings. The summed E-state index contributed by atoms with van der Waals surface area (Å²) in [7, 11) is -3.36. The van der Waals surface area contributed by atoms with Gasteiger partial charge in [0.2, 0.25) is 5.91 Å². The van der Waals surface area contributed by atoms with Crippen molar-refractivity contribution in [1.29, 1.82) is 0 Å². The number of nitrogens with zero attached hydrogens (tertiary/aromatic N) is 2. The number of hydrogen-bond donors (Lipinski definition) is 2. The van der Waals surface area contributed by atoms with E-state index in [4.69, 9.17) is 0 Å². The lowest BCUT2D eigenvalue weighted by atomic mass is 9.87. The maximum atomic E-state index is 13.2. The molecule has 1 heterocycles. The Kier molecular flexibility index (Phi) is 6.67. The first-order valence-corrected chi connectivity index (χ1v) is 12.3. The minimum atomic E-state index is -3.36. The minimum Gasteiger partial charge on any atom is -0.389 e. The molecule has 3 rings (SSSR count). The lowest BCUT2D eigenvalue weighted by Gasteiger charge is -2.21. The molecule has 1 aromatic heterocycles. The molecule has 1 aromatic carbocycles. The molecule has 1 aliphatic carbocycles. The van der Waals surface area contributed by atoms with Crippen molar-refractivity contribution in [1.82, 2.24) is 9.78 Å². The van der Waals surface area contributed by atoms with Gasteiger partial charge in [0.25, 0.3) is 0 Å². The second-order valence-electron chi connectivity index (χ2n) is 8.98. The van der Waals surface area contributed by atoms with Crippen LogP contribution in [0, 0.1) is 5.92 Å². The van der Waals surface area contributed by atoms with Crippen LogP contribution in [0.4, 0.5) is 5.82 Å². The van der Waals surface area contributed by atoms with Gasteiger partial charge in [0, 0.05) is 18.5 Å². The Hall–Kier alpha value is -2.19. The molecule has 1 atom stereocenters. The van der Waals surface area contributed by atoms with Crippen molar-refractivity contribution in [3.8, 4) is 0 Å². The fourth-order valence-electron chi connectivity index (χ4n) is 4.06. The van der Waals surface area contributed by atoms with E-state index in [9.17, 15) is 18.3 Å². The van der Waals surface area contributed by atoms with Gasteiger partial charge < -0.3 is 10.4 Å². The lowest BCUT2D eigenvalue weighted by Crippen LogP contribution is -2.27. The smallest absolute Gasteiger partial charge is 0.233 e. The van der Waals surface area contributed by atoms with Gasteiger partial charge in [0.15, 0.2) is 15.7 Å². The van der Waals surface area contributed by atoms with Crippen LogP contribution in [0.3, 0.4) is 0 Å². The van der Waals surface area contributed by atoms with Gasteiger partial charge >= 0.3 is 0 Å². The molecule has 1 amide bonds. The van der Waals surface area contributed by atoms with Gasteiger partial charge in [0.1, 0.15) is 0 Å². The molecular weight excluding hydrogens is 402 g/mol. The van der Waals surface area contributed by atoms with Gasteiger partial charge in [-0.3, -0.25) is 9.48 Å². The maximum absolute atomic E-state index is 13.2. The van der Waals surface area contributed by atoms with Gasteiger partial charge in [-0.15, -0.1) is 0 Å². The second kappa shape index (κ2) is 8.89. The zero-order chi connectivity index (χ0) is 21.9. The van der Waals surface area contributed by atoms with Crippen LogP contribution in [0.1, 0.15) is 57.4 Å². The van der Waals surface area contributed by atoms with Crippen LogP contribution in [0.15, 0.2) is 41.4 Å². The first-order chi connectivity index (χ1) is 14.0. The van der Waals surface area contributed by atoms with Crippen LogP contribution in [-0.2, 0) is 21.2 Å². The highest BCUT2D eigenvalue weighted by atomic mass is 32.2. The third-order valence-electron chi connectivity index (χ3n) is 5.49. The molecule has 0 spiro atoms. The van der Waals surface area contributed by atoms with Crippen LogP contribution in [0.25, 0.3) is 0 Å². The highest BCUT2D eigenvalue weighted by Crippen LogP contribution is 2.35. The Morgan fingerprint density at radius 3 is 2.63 bits per heavy atom. The molecular formula is C22H31N3O4S. The summed E-state index contributed by atoms with van der Waals surface area (Å²) in [6.07, 6.45) is 8.10. The van der Waals surface area contributed by atoms with E-state index in [2.05, 4.69) is 10.4 Å². The van der Waals surface area contributed by atoms with Crippen molar-refractivity contribution in [2.75, 3.05) is 11.6 Å². The molecule has 164 valence electrons. The van der Waals surface area contributed by atoms with Crippen LogP contribution in [0.2, 0.25) is 0 Å². The van der Waals surface area contributed by atoms with Crippen LogP contribution >= 0.6 is 0 Å². The number of benzene rings is 1. The van der Waals surface area contributed by atoms with Crippen LogP contribution in [-0.4, -0.2) is 41.1 Å². The number of nitrogens with one attached hydrogen (secondary N) is 1. The predicted octanol–water partition coefficient (Wildman–Crippen LogP) is 3.36. The monoisotopic (exact) mass is 433 g/mol. The first kappa shape index (κ1) is 22.5. The molecule has 1 unspecified atom stereocenters. The molecule has 1 saturated carbocycles. The lowest BCUT2D eigenvalue weighted by molar-refractivity contribution is -0.118. The summed E-state index contributed by atoms with van der Waals surface area (Å²) in [5.41, 5.74) is -0.206. The summed E-state index contributed by atoms with van der Waals surface area (Å²) >= 11 is 0. The van der Waals surface area contributed by atoms with E-state index >= 15 is 0 Å². The topological polar surface area (TPSA) is 101 Å². The van der Waals surface area contributed by atoms with Gasteiger partial charge in [-0.05, 0) is 43.9 Å². The number of hydrogen-bond acceptors (Lipinski definition) is 5. The number of anilines is 1. The number of carbonyl (C=O) groups excluding carboxylic acids is 1. The zero-order valence-electron chi connectivity index (χ0n) is 17.8. The molecule has 1 aliphatic rings. The SMILES string of the molecule is CC(C)(O)Cn1ccc(NC(=O)C(CC2CCCC2)c2cccc(S(C)(=O)=O)c2)n1. The predicted molar refractivity (Wildman–Crippen MR) is 116 cm³/mol. The van der Waals surface area contributed by atoms with Gasteiger partial charge in [-0.2, -0.15) is 5.10 Å². The van der Waals surface area contributed by atoms with E-state index in [1.165, 1.54) is 19.1 Å². The largest absolute Gasteiger partial charge is 0.389 e. The first-order valence-electron chi connectivity index (χ1n) is 10.4. The summed E-state index contributed by atoms with van der Waals surface area (Å²) in [5.74, 6) is 0.227. The normalized spacial score (nSPS) is 16.5. The van der Waals surface area contributed by atoms with Gasteiger partial charge in [0.05, 0.1) is 23.0 Å². The van der Waals surface area contributed by atoms with Crippen molar-refractivity contribution in [2.45, 2.75) is 68.9 Å². The van der Waals surface area contributed by atoms with Gasteiger partial charge in [-0.25, -0.2) is 8.42 Å². The summed E-state index contributed by atoms with van der Waals surface area (Å²) in [6.45, 7) is 3.70. The summed E-state index contributed by atoms with van der Waals surface area (Å²) in [5, 5.41) is 17.2. The van der Waals surface area contributed by atoms with Crippen molar-refractivity contribution in [3.63, 3.8) is 0 Å². The van der Waals surface area contributed by atoms with E-state index in [0.29, 0.717) is 30.3 Å². The van der Waals surface area contributed by atoms with Crippen LogP contribution in [0.5, 0.6) is 0 Å². The Balaban J connectivity index is 1.82. The number of amides is 1. The number of rotatable bonds is 8. The third-order valence-corrected chi connectivity index (χ3v) is 6.60. The fraction of sp³-hybridized carbons (Fsp3) is 0.545. The number of aromatic nitrogens is 2. The van der Waals surface area contributed by atoms with Gasteiger partial charge in [-0.1, -0.05) is 37.8 Å². The molecule has 30 heavy (non-hydrogen) atoms. The quantitative estimate of drug-likeness (QED) is 0.665. The van der Waals surface area contributed by atoms with Crippen molar-refractivity contribution >= 4 is 21.6 Å². The summed E-state index contributed by atoms with van der Waals surface area (Å²) < 4.78 is 25.6. The van der Waals surface area contributed by atoms with Crippen LogP contribution < -0.4 is 5.32 Å². The molecule has 0 bridgehead atoms. The summed E-state index contributed by atoms with van der Waals surface area (Å²) in [4.78, 5) is 13.4. The number of sulfone groups is 1.